The first-order valence-electron chi connectivity index (χ1n) is 28.4. The van der Waals surface area contributed by atoms with Gasteiger partial charge in [0.15, 0.2) is 0 Å². The molecule has 0 bridgehead atoms. The lowest BCUT2D eigenvalue weighted by molar-refractivity contribution is -0.477. The topological polar surface area (TPSA) is 111 Å². The van der Waals surface area contributed by atoms with Gasteiger partial charge in [0.2, 0.25) is 11.6 Å². The fourth-order valence-corrected chi connectivity index (χ4v) is 10.8. The van der Waals surface area contributed by atoms with Gasteiger partial charge in [-0.15, -0.1) is 0 Å². The lowest BCUT2D eigenvalue weighted by atomic mass is 9.88. The Balaban J connectivity index is 0.982. The van der Waals surface area contributed by atoms with Crippen LogP contribution < -0.4 is 0 Å². The molecule has 3 aliphatic heterocycles. The summed E-state index contributed by atoms with van der Waals surface area (Å²) >= 11 is 0. The minimum atomic E-state index is -1.62. The third kappa shape index (κ3) is 15.1. The molecule has 8 aromatic carbocycles. The molecule has 0 unspecified atom stereocenters. The highest BCUT2D eigenvalue weighted by molar-refractivity contribution is 5.21. The van der Waals surface area contributed by atoms with Crippen molar-refractivity contribution in [2.75, 3.05) is 26.4 Å². The van der Waals surface area contributed by atoms with Crippen molar-refractivity contribution in [2.45, 2.75) is 113 Å². The molecule has 0 N–H and O–H groups in total. The van der Waals surface area contributed by atoms with Crippen LogP contribution in [0.15, 0.2) is 243 Å². The minimum absolute atomic E-state index is 0.122. The second-order valence-electron chi connectivity index (χ2n) is 21.0. The van der Waals surface area contributed by atoms with E-state index in [2.05, 4.69) is 0 Å². The Morgan fingerprint density at radius 1 is 0.268 bits per heavy atom. The maximum absolute atomic E-state index is 7.46. The lowest BCUT2D eigenvalue weighted by Crippen LogP contribution is -2.76. The zero-order chi connectivity index (χ0) is 55.5. The molecule has 12 nitrogen and oxygen atoms in total. The van der Waals surface area contributed by atoms with Crippen LogP contribution in [-0.2, 0) is 110 Å². The monoisotopic (exact) mass is 1100 g/mol. The third-order valence-corrected chi connectivity index (χ3v) is 15.1. The Kier molecular flexibility index (Phi) is 20.2. The summed E-state index contributed by atoms with van der Waals surface area (Å²) in [7, 11) is 0. The van der Waals surface area contributed by atoms with Gasteiger partial charge in [-0.1, -0.05) is 243 Å². The second-order valence-corrected chi connectivity index (χ2v) is 21.0. The molecule has 424 valence electrons. The van der Waals surface area contributed by atoms with Gasteiger partial charge in [0.1, 0.15) is 62.0 Å². The number of hydrogen-bond acceptors (Lipinski definition) is 12. The average molecular weight is 1110 g/mol. The van der Waals surface area contributed by atoms with Gasteiger partial charge in [0.05, 0.1) is 66.1 Å². The molecule has 0 amide bonds. The summed E-state index contributed by atoms with van der Waals surface area (Å²) in [5.74, 6) is -3.25. The molecule has 2 spiro atoms. The van der Waals surface area contributed by atoms with E-state index in [0.29, 0.717) is 13.2 Å². The second kappa shape index (κ2) is 29.0. The first-order valence-corrected chi connectivity index (χ1v) is 28.4. The normalized spacial score (nSPS) is 25.3. The molecular weight excluding hydrogens is 1030 g/mol. The van der Waals surface area contributed by atoms with E-state index in [9.17, 15) is 0 Å². The molecule has 3 fully saturated rings. The number of benzene rings is 8. The van der Waals surface area contributed by atoms with Crippen LogP contribution in [0.5, 0.6) is 0 Å². The van der Waals surface area contributed by atoms with Crippen molar-refractivity contribution in [3.8, 4) is 0 Å². The Morgan fingerprint density at radius 2 is 0.488 bits per heavy atom. The quantitative estimate of drug-likeness (QED) is 0.0515. The van der Waals surface area contributed by atoms with Gasteiger partial charge in [-0.25, -0.2) is 0 Å². The molecular formula is C70H72O12. The zero-order valence-corrected chi connectivity index (χ0v) is 46.1. The van der Waals surface area contributed by atoms with Crippen LogP contribution >= 0.6 is 0 Å². The van der Waals surface area contributed by atoms with Crippen molar-refractivity contribution in [3.63, 3.8) is 0 Å². The van der Waals surface area contributed by atoms with Crippen molar-refractivity contribution in [1.82, 2.24) is 0 Å². The Bertz CT molecular complexity index is 2840. The van der Waals surface area contributed by atoms with Crippen LogP contribution in [0.3, 0.4) is 0 Å². The van der Waals surface area contributed by atoms with Crippen LogP contribution in [0.1, 0.15) is 44.5 Å². The maximum atomic E-state index is 7.46. The molecule has 12 heteroatoms. The summed E-state index contributed by atoms with van der Waals surface area (Å²) in [5.41, 5.74) is 7.86. The first-order chi connectivity index (χ1) is 40.6. The summed E-state index contributed by atoms with van der Waals surface area (Å²) in [6.45, 7) is 1.97. The molecule has 82 heavy (non-hydrogen) atoms. The first kappa shape index (κ1) is 57.1. The molecule has 10 atom stereocenters. The van der Waals surface area contributed by atoms with Crippen molar-refractivity contribution in [3.05, 3.63) is 287 Å². The number of ether oxygens (including phenoxy) is 12. The van der Waals surface area contributed by atoms with E-state index in [-0.39, 0.29) is 66.1 Å². The molecule has 0 radical (unpaired) electrons. The third-order valence-electron chi connectivity index (χ3n) is 15.1. The van der Waals surface area contributed by atoms with Crippen molar-refractivity contribution < 1.29 is 56.8 Å². The van der Waals surface area contributed by atoms with Crippen LogP contribution in [0.2, 0.25) is 0 Å². The summed E-state index contributed by atoms with van der Waals surface area (Å²) in [6, 6.07) is 80.6. The zero-order valence-electron chi connectivity index (χ0n) is 46.1. The molecule has 0 saturated carbocycles. The average Bonchev–Trinajstić information content (AvgIpc) is 2.71. The molecule has 11 rings (SSSR count). The predicted octanol–water partition coefficient (Wildman–Crippen LogP) is 12.2. The lowest BCUT2D eigenvalue weighted by Gasteiger charge is -2.58. The Hall–Kier alpha value is -6.72. The summed E-state index contributed by atoms with van der Waals surface area (Å²) in [6.07, 6.45) is -6.41. The van der Waals surface area contributed by atoms with E-state index < -0.39 is 60.4 Å². The van der Waals surface area contributed by atoms with Gasteiger partial charge in [-0.3, -0.25) is 0 Å². The van der Waals surface area contributed by atoms with E-state index in [0.717, 1.165) is 44.5 Å². The molecule has 3 aliphatic rings. The Morgan fingerprint density at radius 3 is 0.732 bits per heavy atom. The molecule has 0 aromatic heterocycles. The SMILES string of the molecule is c1ccc(COC[C@H]2O[C@@]3(CO[C@]4(CO3)O[C@H](COCc3ccccc3)[C@@H](OCc3ccccc3)[C@H](OCc3ccccc3)[C@@H]4OCc3ccccc3)[C@@H](OCc3ccccc3)[C@@H](OCc3ccccc3)[C@@H]2OCc2ccccc2)cc1. The minimum Gasteiger partial charge on any atom is -0.374 e. The van der Waals surface area contributed by atoms with Crippen molar-refractivity contribution >= 4 is 0 Å². The van der Waals surface area contributed by atoms with E-state index in [1.807, 2.05) is 243 Å². The van der Waals surface area contributed by atoms with E-state index in [4.69, 9.17) is 56.8 Å². The summed E-state index contributed by atoms with van der Waals surface area (Å²) in [4.78, 5) is 0. The van der Waals surface area contributed by atoms with E-state index in [1.165, 1.54) is 0 Å². The fraction of sp³-hybridized carbons (Fsp3) is 0.314. The predicted molar refractivity (Wildman–Crippen MR) is 309 cm³/mol. The van der Waals surface area contributed by atoms with Crippen LogP contribution in [0.4, 0.5) is 0 Å². The van der Waals surface area contributed by atoms with Gasteiger partial charge in [-0.2, -0.15) is 0 Å². The summed E-state index contributed by atoms with van der Waals surface area (Å²) < 4.78 is 85.8. The van der Waals surface area contributed by atoms with Gasteiger partial charge in [-0.05, 0) is 44.5 Å². The van der Waals surface area contributed by atoms with E-state index >= 15 is 0 Å². The van der Waals surface area contributed by atoms with Gasteiger partial charge in [0, 0.05) is 0 Å². The summed E-state index contributed by atoms with van der Waals surface area (Å²) in [5, 5.41) is 0. The van der Waals surface area contributed by atoms with Crippen molar-refractivity contribution in [2.24, 2.45) is 0 Å². The fourth-order valence-electron chi connectivity index (χ4n) is 10.8. The van der Waals surface area contributed by atoms with Gasteiger partial charge >= 0.3 is 0 Å². The molecule has 3 heterocycles. The molecule has 8 aromatic rings. The van der Waals surface area contributed by atoms with Gasteiger partial charge < -0.3 is 56.8 Å². The smallest absolute Gasteiger partial charge is 0.222 e. The standard InChI is InChI=1S/C70H72O12/c1-9-25-53(26-10-1)41-71-49-61-63(73-43-55-29-13-3-14-30-55)65(75-45-57-33-17-5-18-34-57)67(77-47-59-37-21-7-22-38-59)69(81-61)51-80-70(52-79-69)68(78-48-60-39-23-8-24-40-60)66(76-46-58-35-19-6-20-36-58)64(74-44-56-31-15-4-16-32-56)62(82-70)50-72-42-54-27-11-2-12-28-54/h1-40,61-68H,41-52H2/t61-,62-,63-,64-,65+,66+,67+,68+,69-,70+/m1/s1. The molecule has 0 aliphatic carbocycles. The molecule has 3 saturated heterocycles. The maximum Gasteiger partial charge on any atom is 0.222 e. The number of rotatable bonds is 26. The van der Waals surface area contributed by atoms with Crippen LogP contribution in [0, 0.1) is 0 Å². The largest absolute Gasteiger partial charge is 0.374 e. The highest BCUT2D eigenvalue weighted by Crippen LogP contribution is 2.46. The number of hydrogen-bond donors (Lipinski definition) is 0. The highest BCUT2D eigenvalue weighted by Gasteiger charge is 2.66. The van der Waals surface area contributed by atoms with Crippen LogP contribution in [0.25, 0.3) is 0 Å². The van der Waals surface area contributed by atoms with Gasteiger partial charge in [0.25, 0.3) is 0 Å². The highest BCUT2D eigenvalue weighted by atomic mass is 16.8. The Labute approximate surface area is 481 Å². The van der Waals surface area contributed by atoms with E-state index in [1.54, 1.807) is 0 Å². The van der Waals surface area contributed by atoms with Crippen molar-refractivity contribution in [1.29, 1.82) is 0 Å². The van der Waals surface area contributed by atoms with Crippen LogP contribution in [-0.4, -0.2) is 86.8 Å².